The van der Waals surface area contributed by atoms with E-state index in [0.717, 1.165) is 12.8 Å². The number of anilines is 1. The average molecular weight is 445 g/mol. The molecule has 1 saturated carbocycles. The number of hydrogen-bond acceptors (Lipinski definition) is 5. The summed E-state index contributed by atoms with van der Waals surface area (Å²) in [5.74, 6) is -1.08. The SMILES string of the molecule is COC(=O)[C@@H]1CCCC[C@@]1(C)NC(=O)c1ccc(S(=O)(=O)N(C)c2ccccc2)cc1. The summed E-state index contributed by atoms with van der Waals surface area (Å²) in [6.45, 7) is 1.86. The molecule has 2 aromatic carbocycles. The maximum Gasteiger partial charge on any atom is 0.311 e. The zero-order valence-electron chi connectivity index (χ0n) is 18.0. The minimum absolute atomic E-state index is 0.0896. The van der Waals surface area contributed by atoms with Gasteiger partial charge in [0.2, 0.25) is 0 Å². The summed E-state index contributed by atoms with van der Waals surface area (Å²) in [6.07, 6.45) is 3.15. The van der Waals surface area contributed by atoms with Crippen molar-refractivity contribution in [2.75, 3.05) is 18.5 Å². The molecule has 1 amide bonds. The Balaban J connectivity index is 1.78. The van der Waals surface area contributed by atoms with Crippen molar-refractivity contribution in [2.24, 2.45) is 5.92 Å². The zero-order valence-corrected chi connectivity index (χ0v) is 18.8. The standard InChI is InChI=1S/C23H28N2O5S/c1-23(16-8-7-11-20(23)22(27)30-3)24-21(26)17-12-14-19(15-13-17)31(28,29)25(2)18-9-5-4-6-10-18/h4-6,9-10,12-15,20H,7-8,11,16H2,1-3H3,(H,24,26)/t20-,23+/m0/s1. The third-order valence-corrected chi connectivity index (χ3v) is 7.79. The lowest BCUT2D eigenvalue weighted by Gasteiger charge is -2.40. The molecule has 0 unspecified atom stereocenters. The van der Waals surface area contributed by atoms with Crippen LogP contribution in [0.25, 0.3) is 0 Å². The number of carbonyl (C=O) groups is 2. The number of esters is 1. The molecule has 2 atom stereocenters. The topological polar surface area (TPSA) is 92.8 Å². The Morgan fingerprint density at radius 1 is 1.06 bits per heavy atom. The van der Waals surface area contributed by atoms with Crippen LogP contribution in [0.5, 0.6) is 0 Å². The number of amides is 1. The molecule has 8 heteroatoms. The second-order valence-electron chi connectivity index (χ2n) is 8.03. The zero-order chi connectivity index (χ0) is 22.6. The Kier molecular flexibility index (Phi) is 6.69. The summed E-state index contributed by atoms with van der Waals surface area (Å²) in [5.41, 5.74) is 0.167. The minimum Gasteiger partial charge on any atom is -0.469 e. The molecular formula is C23H28N2O5S. The van der Waals surface area contributed by atoms with Gasteiger partial charge in [0.1, 0.15) is 0 Å². The molecule has 1 fully saturated rings. The van der Waals surface area contributed by atoms with Crippen molar-refractivity contribution < 1.29 is 22.7 Å². The fourth-order valence-electron chi connectivity index (χ4n) is 4.05. The number of benzene rings is 2. The van der Waals surface area contributed by atoms with Crippen LogP contribution in [0, 0.1) is 5.92 Å². The van der Waals surface area contributed by atoms with Crippen LogP contribution in [0.4, 0.5) is 5.69 Å². The molecule has 31 heavy (non-hydrogen) atoms. The van der Waals surface area contributed by atoms with E-state index in [1.54, 1.807) is 24.3 Å². The van der Waals surface area contributed by atoms with Gasteiger partial charge in [0.25, 0.3) is 15.9 Å². The van der Waals surface area contributed by atoms with E-state index in [1.807, 2.05) is 13.0 Å². The van der Waals surface area contributed by atoms with Gasteiger partial charge in [-0.05, 0) is 56.2 Å². The fraction of sp³-hybridized carbons (Fsp3) is 0.391. The van der Waals surface area contributed by atoms with E-state index < -0.39 is 21.5 Å². The smallest absolute Gasteiger partial charge is 0.311 e. The van der Waals surface area contributed by atoms with Crippen molar-refractivity contribution in [3.63, 3.8) is 0 Å². The van der Waals surface area contributed by atoms with Crippen molar-refractivity contribution in [3.8, 4) is 0 Å². The van der Waals surface area contributed by atoms with E-state index in [9.17, 15) is 18.0 Å². The van der Waals surface area contributed by atoms with Gasteiger partial charge in [-0.15, -0.1) is 0 Å². The first-order valence-electron chi connectivity index (χ1n) is 10.2. The molecule has 2 aromatic rings. The number of para-hydroxylation sites is 1. The molecule has 0 spiro atoms. The highest BCUT2D eigenvalue weighted by atomic mass is 32.2. The van der Waals surface area contributed by atoms with Crippen molar-refractivity contribution in [2.45, 2.75) is 43.0 Å². The number of sulfonamides is 1. The third-order valence-electron chi connectivity index (χ3n) is 5.99. The van der Waals surface area contributed by atoms with Crippen LogP contribution in [0.15, 0.2) is 59.5 Å². The first-order chi connectivity index (χ1) is 14.7. The van der Waals surface area contributed by atoms with Crippen molar-refractivity contribution in [3.05, 3.63) is 60.2 Å². The summed E-state index contributed by atoms with van der Waals surface area (Å²) in [4.78, 5) is 25.1. The average Bonchev–Trinajstić information content (AvgIpc) is 2.78. The van der Waals surface area contributed by atoms with Crippen LogP contribution in [0.2, 0.25) is 0 Å². The lowest BCUT2D eigenvalue weighted by Crippen LogP contribution is -2.55. The van der Waals surface area contributed by atoms with Gasteiger partial charge >= 0.3 is 5.97 Å². The van der Waals surface area contributed by atoms with Crippen LogP contribution in [0.3, 0.4) is 0 Å². The summed E-state index contributed by atoms with van der Waals surface area (Å²) < 4.78 is 31.9. The largest absolute Gasteiger partial charge is 0.469 e. The molecule has 3 rings (SSSR count). The first-order valence-corrected chi connectivity index (χ1v) is 11.7. The predicted molar refractivity (Wildman–Crippen MR) is 118 cm³/mol. The van der Waals surface area contributed by atoms with Crippen LogP contribution >= 0.6 is 0 Å². The highest BCUT2D eigenvalue weighted by Crippen LogP contribution is 2.34. The normalized spacial score (nSPS) is 21.2. The second-order valence-corrected chi connectivity index (χ2v) is 9.99. The molecule has 0 aliphatic heterocycles. The molecule has 0 bridgehead atoms. The van der Waals surface area contributed by atoms with E-state index >= 15 is 0 Å². The van der Waals surface area contributed by atoms with Crippen molar-refractivity contribution >= 4 is 27.6 Å². The van der Waals surface area contributed by atoms with E-state index in [-0.39, 0.29) is 16.8 Å². The monoisotopic (exact) mass is 444 g/mol. The van der Waals surface area contributed by atoms with Crippen LogP contribution < -0.4 is 9.62 Å². The van der Waals surface area contributed by atoms with Crippen LogP contribution in [-0.2, 0) is 19.6 Å². The second kappa shape index (κ2) is 9.09. The maximum absolute atomic E-state index is 12.9. The Hall–Kier alpha value is -2.87. The quantitative estimate of drug-likeness (QED) is 0.690. The number of carbonyl (C=O) groups excluding carboxylic acids is 2. The lowest BCUT2D eigenvalue weighted by atomic mass is 9.73. The molecule has 1 aliphatic rings. The number of methoxy groups -OCH3 is 1. The Morgan fingerprint density at radius 3 is 2.32 bits per heavy atom. The Labute approximate surface area is 183 Å². The summed E-state index contributed by atoms with van der Waals surface area (Å²) in [5, 5.41) is 2.98. The molecule has 0 saturated heterocycles. The molecule has 166 valence electrons. The van der Waals surface area contributed by atoms with E-state index in [2.05, 4.69) is 5.32 Å². The van der Waals surface area contributed by atoms with Crippen LogP contribution in [0.1, 0.15) is 43.0 Å². The minimum atomic E-state index is -3.76. The highest BCUT2D eigenvalue weighted by Gasteiger charge is 2.42. The fourth-order valence-corrected chi connectivity index (χ4v) is 5.24. The molecule has 0 aromatic heterocycles. The van der Waals surface area contributed by atoms with Gasteiger partial charge in [-0.1, -0.05) is 31.0 Å². The van der Waals surface area contributed by atoms with Gasteiger partial charge in [0.05, 0.1) is 29.1 Å². The molecular weight excluding hydrogens is 416 g/mol. The van der Waals surface area contributed by atoms with Gasteiger partial charge in [0.15, 0.2) is 0 Å². The first kappa shape index (κ1) is 22.8. The maximum atomic E-state index is 12.9. The summed E-state index contributed by atoms with van der Waals surface area (Å²) in [6, 6.07) is 14.6. The van der Waals surface area contributed by atoms with Crippen molar-refractivity contribution in [1.82, 2.24) is 5.32 Å². The lowest BCUT2D eigenvalue weighted by molar-refractivity contribution is -0.149. The Morgan fingerprint density at radius 2 is 1.71 bits per heavy atom. The van der Waals surface area contributed by atoms with E-state index in [0.29, 0.717) is 24.1 Å². The van der Waals surface area contributed by atoms with Gasteiger partial charge in [-0.25, -0.2) is 8.42 Å². The molecule has 7 nitrogen and oxygen atoms in total. The summed E-state index contributed by atoms with van der Waals surface area (Å²) >= 11 is 0. The Bertz CT molecular complexity index is 1040. The highest BCUT2D eigenvalue weighted by molar-refractivity contribution is 7.92. The number of rotatable bonds is 6. The van der Waals surface area contributed by atoms with Gasteiger partial charge in [-0.3, -0.25) is 13.9 Å². The van der Waals surface area contributed by atoms with E-state index in [1.165, 1.54) is 42.7 Å². The van der Waals surface area contributed by atoms with Crippen LogP contribution in [-0.4, -0.2) is 40.0 Å². The van der Waals surface area contributed by atoms with E-state index in [4.69, 9.17) is 4.74 Å². The number of ether oxygens (including phenoxy) is 1. The van der Waals surface area contributed by atoms with Crippen molar-refractivity contribution in [1.29, 1.82) is 0 Å². The molecule has 0 radical (unpaired) electrons. The third kappa shape index (κ3) is 4.74. The molecule has 1 N–H and O–H groups in total. The number of nitrogens with one attached hydrogen (secondary N) is 1. The predicted octanol–water partition coefficient (Wildman–Crippen LogP) is 3.36. The van der Waals surface area contributed by atoms with Gasteiger partial charge in [0, 0.05) is 12.6 Å². The summed E-state index contributed by atoms with van der Waals surface area (Å²) in [7, 11) is -0.916. The number of nitrogens with zero attached hydrogens (tertiary/aromatic N) is 1. The van der Waals surface area contributed by atoms with Gasteiger partial charge in [-0.2, -0.15) is 0 Å². The van der Waals surface area contributed by atoms with Gasteiger partial charge < -0.3 is 10.1 Å². The number of hydrogen-bond donors (Lipinski definition) is 1. The molecule has 0 heterocycles. The molecule has 1 aliphatic carbocycles.